The smallest absolute Gasteiger partial charge is 0.321 e. The van der Waals surface area contributed by atoms with Crippen LogP contribution in [0.2, 0.25) is 0 Å². The molecule has 2 aromatic carbocycles. The number of carbonyl (C=O) groups is 1. The second-order valence-corrected chi connectivity index (χ2v) is 6.08. The molecule has 1 aromatic heterocycles. The number of hydrogen-bond donors (Lipinski definition) is 0. The fraction of sp³-hybridized carbons (Fsp3) is 0.118. The zero-order valence-corrected chi connectivity index (χ0v) is 14.0. The third-order valence-electron chi connectivity index (χ3n) is 3.39. The van der Waals surface area contributed by atoms with E-state index >= 15 is 0 Å². The van der Waals surface area contributed by atoms with E-state index in [2.05, 4.69) is 10.2 Å². The minimum atomic E-state index is -0.476. The van der Waals surface area contributed by atoms with Gasteiger partial charge >= 0.3 is 5.97 Å². The largest absolute Gasteiger partial charge is 0.454 e. The lowest BCUT2D eigenvalue weighted by molar-refractivity contribution is -0.131. The van der Waals surface area contributed by atoms with Gasteiger partial charge in [0.1, 0.15) is 17.3 Å². The first-order valence-corrected chi connectivity index (χ1v) is 8.48. The average Bonchev–Trinajstić information content (AvgIpc) is 3.29. The summed E-state index contributed by atoms with van der Waals surface area (Å²) in [5.74, 6) is 0.903. The highest BCUT2D eigenvalue weighted by Gasteiger charge is 2.16. The number of benzene rings is 2. The number of thioether (sulfide) groups is 1. The summed E-state index contributed by atoms with van der Waals surface area (Å²) in [4.78, 5) is 12.0. The highest BCUT2D eigenvalue weighted by molar-refractivity contribution is 7.99. The molecule has 0 amide bonds. The predicted octanol–water partition coefficient (Wildman–Crippen LogP) is 3.30. The van der Waals surface area contributed by atoms with Gasteiger partial charge in [0.25, 0.3) is 5.22 Å². The van der Waals surface area contributed by atoms with Crippen molar-refractivity contribution in [3.63, 3.8) is 0 Å². The summed E-state index contributed by atoms with van der Waals surface area (Å²) in [5, 5.41) is 7.94. The Morgan fingerprint density at radius 1 is 1.12 bits per heavy atom. The van der Waals surface area contributed by atoms with Crippen LogP contribution in [0.25, 0.3) is 11.5 Å². The molecule has 3 aromatic rings. The van der Waals surface area contributed by atoms with Crippen LogP contribution in [-0.2, 0) is 4.79 Å². The molecule has 26 heavy (non-hydrogen) atoms. The molecule has 2 heterocycles. The molecule has 0 spiro atoms. The maximum Gasteiger partial charge on any atom is 0.321 e. The van der Waals surface area contributed by atoms with Crippen molar-refractivity contribution in [3.05, 3.63) is 48.3 Å². The third kappa shape index (κ3) is 3.62. The van der Waals surface area contributed by atoms with Gasteiger partial charge in [-0.15, -0.1) is 10.2 Å². The van der Waals surface area contributed by atoms with Crippen LogP contribution in [0.5, 0.6) is 17.2 Å². The number of halogens is 1. The maximum absolute atomic E-state index is 12.9. The van der Waals surface area contributed by atoms with Crippen LogP contribution in [0.1, 0.15) is 0 Å². The molecule has 132 valence electrons. The molecule has 0 N–H and O–H groups in total. The molecule has 0 fully saturated rings. The maximum atomic E-state index is 12.9. The van der Waals surface area contributed by atoms with Gasteiger partial charge in [-0.25, -0.2) is 4.39 Å². The van der Waals surface area contributed by atoms with Crippen molar-refractivity contribution in [1.29, 1.82) is 0 Å². The molecule has 0 atom stereocenters. The number of carbonyl (C=O) groups excluding carboxylic acids is 1. The molecule has 4 rings (SSSR count). The van der Waals surface area contributed by atoms with Crippen LogP contribution in [-0.4, -0.2) is 28.7 Å². The van der Waals surface area contributed by atoms with Crippen molar-refractivity contribution >= 4 is 17.7 Å². The molecule has 0 radical (unpaired) electrons. The van der Waals surface area contributed by atoms with Crippen LogP contribution >= 0.6 is 11.8 Å². The van der Waals surface area contributed by atoms with E-state index in [1.165, 1.54) is 24.3 Å². The summed E-state index contributed by atoms with van der Waals surface area (Å²) < 4.78 is 34.0. The molecule has 1 aliphatic rings. The number of esters is 1. The van der Waals surface area contributed by atoms with Crippen LogP contribution in [0.3, 0.4) is 0 Å². The molecule has 9 heteroatoms. The molecular weight excluding hydrogens is 363 g/mol. The van der Waals surface area contributed by atoms with Crippen molar-refractivity contribution < 1.29 is 27.8 Å². The van der Waals surface area contributed by atoms with Crippen LogP contribution < -0.4 is 14.2 Å². The molecule has 0 unspecified atom stereocenters. The molecule has 0 bridgehead atoms. The molecule has 0 saturated carbocycles. The van der Waals surface area contributed by atoms with E-state index in [0.717, 1.165) is 11.8 Å². The number of fused-ring (bicyclic) bond motifs is 1. The summed E-state index contributed by atoms with van der Waals surface area (Å²) in [5.41, 5.74) is 0.591. The molecule has 7 nitrogen and oxygen atoms in total. The van der Waals surface area contributed by atoms with Crippen molar-refractivity contribution in [2.24, 2.45) is 0 Å². The third-order valence-corrected chi connectivity index (χ3v) is 4.18. The van der Waals surface area contributed by atoms with Gasteiger partial charge in [0.2, 0.25) is 12.7 Å². The lowest BCUT2D eigenvalue weighted by Crippen LogP contribution is -2.10. The van der Waals surface area contributed by atoms with E-state index in [1.807, 2.05) is 0 Å². The van der Waals surface area contributed by atoms with Crippen LogP contribution in [0.15, 0.2) is 52.1 Å². The van der Waals surface area contributed by atoms with E-state index in [4.69, 9.17) is 18.6 Å². The first-order valence-electron chi connectivity index (χ1n) is 7.50. The number of rotatable bonds is 5. The van der Waals surface area contributed by atoms with E-state index in [9.17, 15) is 9.18 Å². The number of aromatic nitrogens is 2. The number of nitrogens with zero attached hydrogens (tertiary/aromatic N) is 2. The molecular formula is C17H11FN2O5S. The lowest BCUT2D eigenvalue weighted by atomic mass is 10.2. The summed E-state index contributed by atoms with van der Waals surface area (Å²) in [6.45, 7) is 0.149. The Morgan fingerprint density at radius 2 is 1.92 bits per heavy atom. The average molecular weight is 374 g/mol. The summed E-state index contributed by atoms with van der Waals surface area (Å²) in [6, 6.07) is 10.5. The Kier molecular flexibility index (Phi) is 4.44. The fourth-order valence-corrected chi connectivity index (χ4v) is 2.74. The summed E-state index contributed by atoms with van der Waals surface area (Å²) in [6.07, 6.45) is 0. The van der Waals surface area contributed by atoms with E-state index in [-0.39, 0.29) is 29.5 Å². The Balaban J connectivity index is 1.34. The first kappa shape index (κ1) is 16.4. The quantitative estimate of drug-likeness (QED) is 0.382. The predicted molar refractivity (Wildman–Crippen MR) is 88.6 cm³/mol. The Morgan fingerprint density at radius 3 is 2.77 bits per heavy atom. The second kappa shape index (κ2) is 7.04. The standard InChI is InChI=1S/C17H11FN2O5S/c18-11-3-1-10(2-4-11)16-19-20-17(25-16)26-8-15(21)24-12-5-6-13-14(7-12)23-9-22-13/h1-7H,8-9H2. The molecule has 0 saturated heterocycles. The topological polar surface area (TPSA) is 83.7 Å². The van der Waals surface area contributed by atoms with Gasteiger partial charge in [0.15, 0.2) is 11.5 Å². The van der Waals surface area contributed by atoms with Gasteiger partial charge in [-0.2, -0.15) is 0 Å². The minimum absolute atomic E-state index is 0.0144. The first-order chi connectivity index (χ1) is 12.7. The Hall–Kier alpha value is -3.07. The van der Waals surface area contributed by atoms with Crippen LogP contribution in [0, 0.1) is 5.82 Å². The number of hydrogen-bond acceptors (Lipinski definition) is 8. The van der Waals surface area contributed by atoms with Gasteiger partial charge < -0.3 is 18.6 Å². The Labute approximate surface area is 151 Å². The van der Waals surface area contributed by atoms with Crippen molar-refractivity contribution in [1.82, 2.24) is 10.2 Å². The van der Waals surface area contributed by atoms with E-state index in [1.54, 1.807) is 18.2 Å². The highest BCUT2D eigenvalue weighted by atomic mass is 32.2. The lowest BCUT2D eigenvalue weighted by Gasteiger charge is -2.04. The zero-order chi connectivity index (χ0) is 17.9. The van der Waals surface area contributed by atoms with E-state index < -0.39 is 5.97 Å². The molecule has 1 aliphatic heterocycles. The summed E-state index contributed by atoms with van der Waals surface area (Å²) in [7, 11) is 0. The van der Waals surface area contributed by atoms with Crippen LogP contribution in [0.4, 0.5) is 4.39 Å². The zero-order valence-electron chi connectivity index (χ0n) is 13.2. The van der Waals surface area contributed by atoms with Gasteiger partial charge in [-0.3, -0.25) is 4.79 Å². The minimum Gasteiger partial charge on any atom is -0.454 e. The summed E-state index contributed by atoms with van der Waals surface area (Å²) >= 11 is 1.05. The van der Waals surface area contributed by atoms with Gasteiger partial charge in [0, 0.05) is 11.6 Å². The monoisotopic (exact) mass is 374 g/mol. The highest BCUT2D eigenvalue weighted by Crippen LogP contribution is 2.35. The van der Waals surface area contributed by atoms with Gasteiger partial charge in [0.05, 0.1) is 0 Å². The normalized spacial score (nSPS) is 12.2. The van der Waals surface area contributed by atoms with E-state index in [0.29, 0.717) is 22.8 Å². The second-order valence-electron chi connectivity index (χ2n) is 5.16. The Bertz CT molecular complexity index is 945. The van der Waals surface area contributed by atoms with Gasteiger partial charge in [-0.05, 0) is 36.4 Å². The van der Waals surface area contributed by atoms with Crippen molar-refractivity contribution in [2.45, 2.75) is 5.22 Å². The van der Waals surface area contributed by atoms with Gasteiger partial charge in [-0.1, -0.05) is 11.8 Å². The van der Waals surface area contributed by atoms with Crippen molar-refractivity contribution in [2.75, 3.05) is 12.5 Å². The van der Waals surface area contributed by atoms with Crippen molar-refractivity contribution in [3.8, 4) is 28.7 Å². The molecule has 0 aliphatic carbocycles. The number of ether oxygens (including phenoxy) is 3. The fourth-order valence-electron chi connectivity index (χ4n) is 2.20. The SMILES string of the molecule is O=C(CSc1nnc(-c2ccc(F)cc2)o1)Oc1ccc2c(c1)OCO2.